The van der Waals surface area contributed by atoms with Gasteiger partial charge >= 0.3 is 0 Å². The van der Waals surface area contributed by atoms with E-state index in [2.05, 4.69) is 34.1 Å². The van der Waals surface area contributed by atoms with Gasteiger partial charge in [0, 0.05) is 36.1 Å². The van der Waals surface area contributed by atoms with Crippen molar-refractivity contribution in [3.05, 3.63) is 64.8 Å². The molecule has 0 spiro atoms. The lowest BCUT2D eigenvalue weighted by molar-refractivity contribution is -0.128. The Hall–Kier alpha value is -2.75. The first-order chi connectivity index (χ1) is 14.3. The van der Waals surface area contributed by atoms with Crippen LogP contribution in [-0.2, 0) is 16.6 Å². The van der Waals surface area contributed by atoms with Gasteiger partial charge in [-0.1, -0.05) is 64.6 Å². The van der Waals surface area contributed by atoms with Gasteiger partial charge in [-0.05, 0) is 18.8 Å². The lowest BCUT2D eigenvalue weighted by Gasteiger charge is -2.50. The van der Waals surface area contributed by atoms with Gasteiger partial charge in [0.1, 0.15) is 0 Å². The number of hydrogen-bond donors (Lipinski definition) is 3. The predicted octanol–water partition coefficient (Wildman–Crippen LogP) is 4.54. The fourth-order valence-electron chi connectivity index (χ4n) is 4.86. The summed E-state index contributed by atoms with van der Waals surface area (Å²) in [5.74, 6) is 0.130. The van der Waals surface area contributed by atoms with Gasteiger partial charge in [0.2, 0.25) is 5.70 Å². The van der Waals surface area contributed by atoms with E-state index in [0.29, 0.717) is 0 Å². The number of hydroxylamine groups is 1. The van der Waals surface area contributed by atoms with Crippen molar-refractivity contribution in [3.63, 3.8) is 0 Å². The van der Waals surface area contributed by atoms with Gasteiger partial charge in [0.25, 0.3) is 0 Å². The highest BCUT2D eigenvalue weighted by Crippen LogP contribution is 2.55. The summed E-state index contributed by atoms with van der Waals surface area (Å²) in [4.78, 5) is 16.2. The first-order valence-electron chi connectivity index (χ1n) is 10.4. The van der Waals surface area contributed by atoms with E-state index in [1.165, 1.54) is 20.0 Å². The summed E-state index contributed by atoms with van der Waals surface area (Å²) in [6, 6.07) is 10.2. The number of fused-ring (bicyclic) bond motifs is 3. The Kier molecular flexibility index (Phi) is 6.02. The molecule has 6 nitrogen and oxygen atoms in total. The van der Waals surface area contributed by atoms with Crippen LogP contribution in [0.25, 0.3) is 16.1 Å². The molecule has 2 atom stereocenters. The Balaban J connectivity index is 0.000000590. The normalized spacial score (nSPS) is 24.2. The predicted molar refractivity (Wildman–Crippen MR) is 114 cm³/mol. The third kappa shape index (κ3) is 3.52. The number of aromatic nitrogens is 2. The average Bonchev–Trinajstić information content (AvgIpc) is 3.19. The summed E-state index contributed by atoms with van der Waals surface area (Å²) in [5.41, 5.74) is 5.46. The second-order valence-electron chi connectivity index (χ2n) is 8.08. The molecule has 0 fully saturated rings. The lowest BCUT2D eigenvalue weighted by atomic mass is 9.53. The lowest BCUT2D eigenvalue weighted by Crippen LogP contribution is -2.50. The van der Waals surface area contributed by atoms with Gasteiger partial charge in [-0.25, -0.2) is 10.3 Å². The minimum Gasteiger partial charge on any atom is -0.317 e. The van der Waals surface area contributed by atoms with E-state index >= 15 is 0 Å². The minimum absolute atomic E-state index is 0.0313. The smallest absolute Gasteiger partial charge is 0.226 e. The van der Waals surface area contributed by atoms with Crippen molar-refractivity contribution in [2.75, 3.05) is 7.05 Å². The van der Waals surface area contributed by atoms with Gasteiger partial charge in [-0.15, -0.1) is 0 Å². The van der Waals surface area contributed by atoms with Crippen LogP contribution < -0.4 is 5.48 Å². The molecule has 2 aromatic rings. The monoisotopic (exact) mass is 396 g/mol. The highest BCUT2D eigenvalue weighted by atomic mass is 16.5. The Morgan fingerprint density at radius 2 is 1.97 bits per heavy atom. The molecule has 0 radical (unpaired) electrons. The molecule has 2 aliphatic carbocycles. The molecule has 1 heterocycles. The summed E-state index contributed by atoms with van der Waals surface area (Å²) < 4.78 is 5.75. The van der Waals surface area contributed by atoms with Crippen LogP contribution in [0.3, 0.4) is 0 Å². The van der Waals surface area contributed by atoms with E-state index in [-0.39, 0.29) is 22.8 Å². The van der Waals surface area contributed by atoms with E-state index in [9.17, 15) is 4.79 Å². The van der Waals surface area contributed by atoms with Gasteiger partial charge in [0.15, 0.2) is 5.78 Å². The van der Waals surface area contributed by atoms with E-state index in [4.69, 9.17) is 13.2 Å². The quantitative estimate of drug-likeness (QED) is 0.488. The van der Waals surface area contributed by atoms with Crippen molar-refractivity contribution in [1.82, 2.24) is 15.7 Å². The maximum Gasteiger partial charge on any atom is 0.226 e. The summed E-state index contributed by atoms with van der Waals surface area (Å²) >= 11 is 0. The molecular formula is C23H30N4O2. The van der Waals surface area contributed by atoms with Crippen LogP contribution in [0.2, 0.25) is 0 Å². The fraction of sp³-hybridized carbons (Fsp3) is 0.435. The molecule has 2 aliphatic rings. The topological polar surface area (TPSA) is 82.4 Å². The Morgan fingerprint density at radius 3 is 2.55 bits per heavy atom. The van der Waals surface area contributed by atoms with Crippen LogP contribution in [0.5, 0.6) is 0 Å². The van der Waals surface area contributed by atoms with Crippen LogP contribution in [-0.4, -0.2) is 28.2 Å². The molecule has 29 heavy (non-hydrogen) atoms. The first-order valence-corrected chi connectivity index (χ1v) is 9.40. The largest absolute Gasteiger partial charge is 0.317 e. The SMILES string of the molecule is CNO.[3H]C.[C-]#[N+]C1=C[C@]2(C)c3[nH]nc(-c4ccccc4)c3CC[C@H]2C(C)(C)C1=O. The van der Waals surface area contributed by atoms with Gasteiger partial charge in [-0.3, -0.25) is 5.10 Å². The number of allylic oxidation sites excluding steroid dienone is 2. The zero-order valence-corrected chi connectivity index (χ0v) is 17.7. The molecule has 0 aliphatic heterocycles. The number of hydrogen-bond acceptors (Lipinski definition) is 4. The number of ketones is 1. The van der Waals surface area contributed by atoms with Gasteiger partial charge < -0.3 is 10.0 Å². The number of nitrogens with one attached hydrogen (secondary N) is 2. The standard InChI is InChI=1S/C21H21N3O.CH5NO.CH4/c1-20(2)16-11-10-14-17(13-8-6-5-7-9-13)23-24-18(14)21(16,3)12-15(22-4)19(20)25;1-2-3;/h5-9,12,16H,10-11H2,1-3H3,(H,23,24);2-3H,1H3;1H4/t16-,21-;;/m0../s1/i;;1T. The third-order valence-corrected chi connectivity index (χ3v) is 6.11. The van der Waals surface area contributed by atoms with Crippen LogP contribution >= 0.6 is 0 Å². The van der Waals surface area contributed by atoms with Crippen LogP contribution in [0.15, 0.2) is 42.1 Å². The van der Waals surface area contributed by atoms with E-state index in [0.717, 1.165) is 29.8 Å². The number of nitrogens with zero attached hydrogens (tertiary/aromatic N) is 2. The fourth-order valence-corrected chi connectivity index (χ4v) is 4.86. The molecule has 0 bridgehead atoms. The molecule has 6 heteroatoms. The molecule has 0 unspecified atom stereocenters. The van der Waals surface area contributed by atoms with Crippen molar-refractivity contribution in [3.8, 4) is 11.3 Å². The van der Waals surface area contributed by atoms with E-state index < -0.39 is 5.41 Å². The number of carbonyl (C=O) groups is 1. The van der Waals surface area contributed by atoms with Crippen molar-refractivity contribution in [2.45, 2.75) is 46.4 Å². The number of Topliss-reactive ketones (excluding diaryl/α,β-unsaturated/α-hetero) is 1. The maximum absolute atomic E-state index is 12.7. The molecule has 0 saturated heterocycles. The van der Waals surface area contributed by atoms with E-state index in [1.807, 2.05) is 38.1 Å². The highest BCUT2D eigenvalue weighted by molar-refractivity contribution is 6.02. The molecule has 3 N–H and O–H groups in total. The number of carbonyl (C=O) groups excluding carboxylic acids is 1. The number of H-pyrrole nitrogens is 1. The van der Waals surface area contributed by atoms with Crippen LogP contribution in [0.1, 0.15) is 47.2 Å². The van der Waals surface area contributed by atoms with Crippen LogP contribution in [0.4, 0.5) is 0 Å². The number of aromatic amines is 1. The number of benzene rings is 1. The second-order valence-corrected chi connectivity index (χ2v) is 8.08. The van der Waals surface area contributed by atoms with Gasteiger partial charge in [-0.2, -0.15) is 5.10 Å². The molecule has 154 valence electrons. The molecule has 1 aromatic carbocycles. The van der Waals surface area contributed by atoms with Crippen molar-refractivity contribution in [1.29, 1.82) is 0 Å². The summed E-state index contributed by atoms with van der Waals surface area (Å²) in [6.07, 6.45) is 3.70. The molecule has 1 aromatic heterocycles. The minimum atomic E-state index is -0.543. The second kappa shape index (κ2) is 8.32. The zero-order chi connectivity index (χ0) is 22.5. The summed E-state index contributed by atoms with van der Waals surface area (Å²) in [7, 11) is 2.68. The Morgan fingerprint density at radius 1 is 1.34 bits per heavy atom. The first kappa shape index (κ1) is 21.0. The van der Waals surface area contributed by atoms with E-state index in [1.54, 1.807) is 5.48 Å². The molecule has 0 saturated carbocycles. The third-order valence-electron chi connectivity index (χ3n) is 6.11. The highest BCUT2D eigenvalue weighted by Gasteiger charge is 2.54. The Labute approximate surface area is 174 Å². The van der Waals surface area contributed by atoms with Crippen molar-refractivity contribution >= 4 is 5.78 Å². The summed E-state index contributed by atoms with van der Waals surface area (Å²) in [5, 5.41) is 15.2. The molecule has 4 rings (SSSR count). The summed E-state index contributed by atoms with van der Waals surface area (Å²) in [6.45, 7) is 13.5. The Bertz CT molecular complexity index is 959. The van der Waals surface area contributed by atoms with Gasteiger partial charge in [0.05, 0.1) is 12.3 Å². The van der Waals surface area contributed by atoms with Crippen molar-refractivity contribution in [2.24, 2.45) is 11.3 Å². The molecular weight excluding hydrogens is 364 g/mol. The van der Waals surface area contributed by atoms with Crippen LogP contribution in [0, 0.1) is 17.9 Å². The maximum atomic E-state index is 12.7. The zero-order valence-electron chi connectivity index (χ0n) is 18.7. The average molecular weight is 397 g/mol. The molecule has 0 amide bonds. The number of rotatable bonds is 1. The van der Waals surface area contributed by atoms with Crippen molar-refractivity contribution < 1.29 is 11.4 Å².